The van der Waals surface area contributed by atoms with Crippen LogP contribution < -0.4 is 10.3 Å². The molecule has 182 valence electrons. The number of hydrogen-bond acceptors (Lipinski definition) is 3. The Balaban J connectivity index is 1.34. The molecule has 4 aromatic rings. The van der Waals surface area contributed by atoms with Gasteiger partial charge in [-0.3, -0.25) is 9.36 Å². The summed E-state index contributed by atoms with van der Waals surface area (Å²) in [6.45, 7) is 7.96. The second-order valence-corrected chi connectivity index (χ2v) is 10.4. The summed E-state index contributed by atoms with van der Waals surface area (Å²) in [5, 5.41) is 1.31. The van der Waals surface area contributed by atoms with E-state index in [-0.39, 0.29) is 11.0 Å². The molecule has 0 fully saturated rings. The third-order valence-electron chi connectivity index (χ3n) is 6.23. The topological polar surface area (TPSA) is 44.1 Å². The number of para-hydroxylation sites is 1. The second kappa shape index (κ2) is 11.1. The summed E-state index contributed by atoms with van der Waals surface area (Å²) >= 11 is 6.07. The number of halogens is 1. The first-order valence-electron chi connectivity index (χ1n) is 12.3. The average molecular weight is 489 g/mol. The van der Waals surface area contributed by atoms with E-state index in [1.54, 1.807) is 4.57 Å². The van der Waals surface area contributed by atoms with Gasteiger partial charge >= 0.3 is 0 Å². The van der Waals surface area contributed by atoms with Crippen molar-refractivity contribution in [3.05, 3.63) is 93.7 Å². The van der Waals surface area contributed by atoms with Gasteiger partial charge < -0.3 is 4.74 Å². The van der Waals surface area contributed by atoms with Crippen molar-refractivity contribution < 1.29 is 4.74 Å². The molecule has 0 atom stereocenters. The van der Waals surface area contributed by atoms with Crippen molar-refractivity contribution >= 4 is 22.5 Å². The van der Waals surface area contributed by atoms with Crippen molar-refractivity contribution in [2.24, 2.45) is 0 Å². The predicted octanol–water partition coefficient (Wildman–Crippen LogP) is 7.65. The van der Waals surface area contributed by atoms with E-state index < -0.39 is 0 Å². The number of aromatic nitrogens is 2. The first-order valence-corrected chi connectivity index (χ1v) is 12.7. The highest BCUT2D eigenvalue weighted by molar-refractivity contribution is 6.30. The minimum absolute atomic E-state index is 0.00240. The molecule has 0 N–H and O–H groups in total. The van der Waals surface area contributed by atoms with Crippen LogP contribution in [0.5, 0.6) is 5.75 Å². The lowest BCUT2D eigenvalue weighted by Crippen LogP contribution is -2.23. The molecule has 0 unspecified atom stereocenters. The predicted molar refractivity (Wildman–Crippen MR) is 146 cm³/mol. The molecule has 5 heteroatoms. The van der Waals surface area contributed by atoms with Gasteiger partial charge in [-0.05, 0) is 72.4 Å². The zero-order valence-corrected chi connectivity index (χ0v) is 21.5. The van der Waals surface area contributed by atoms with Crippen molar-refractivity contribution in [1.29, 1.82) is 0 Å². The number of benzene rings is 3. The summed E-state index contributed by atoms with van der Waals surface area (Å²) in [4.78, 5) is 18.1. The molecule has 0 saturated heterocycles. The van der Waals surface area contributed by atoms with Crippen LogP contribution >= 0.6 is 11.6 Å². The Bertz CT molecular complexity index is 1320. The van der Waals surface area contributed by atoms with E-state index in [1.165, 1.54) is 5.56 Å². The first kappa shape index (κ1) is 25.0. The van der Waals surface area contributed by atoms with E-state index in [4.69, 9.17) is 21.3 Å². The van der Waals surface area contributed by atoms with Crippen molar-refractivity contribution in [3.63, 3.8) is 0 Å². The van der Waals surface area contributed by atoms with Crippen LogP contribution in [-0.2, 0) is 12.0 Å². The van der Waals surface area contributed by atoms with Crippen LogP contribution in [0.4, 0.5) is 0 Å². The molecular weight excluding hydrogens is 456 g/mol. The van der Waals surface area contributed by atoms with Crippen LogP contribution in [-0.4, -0.2) is 16.2 Å². The van der Waals surface area contributed by atoms with Gasteiger partial charge in [0.15, 0.2) is 0 Å². The van der Waals surface area contributed by atoms with Crippen LogP contribution in [0, 0.1) is 0 Å². The molecule has 0 aliphatic heterocycles. The maximum absolute atomic E-state index is 13.3. The minimum Gasteiger partial charge on any atom is -0.494 e. The molecule has 0 spiro atoms. The number of ether oxygens (including phenoxy) is 1. The Kier molecular flexibility index (Phi) is 7.92. The molecule has 0 aliphatic carbocycles. The van der Waals surface area contributed by atoms with E-state index in [2.05, 4.69) is 45.0 Å². The molecule has 0 saturated carbocycles. The molecule has 0 amide bonds. The van der Waals surface area contributed by atoms with E-state index in [1.807, 2.05) is 48.5 Å². The van der Waals surface area contributed by atoms with Crippen molar-refractivity contribution in [2.45, 2.75) is 58.4 Å². The van der Waals surface area contributed by atoms with Crippen LogP contribution in [0.25, 0.3) is 22.3 Å². The van der Waals surface area contributed by atoms with E-state index in [9.17, 15) is 4.79 Å². The zero-order valence-electron chi connectivity index (χ0n) is 20.8. The fraction of sp³-hybridized carbons (Fsp3) is 0.333. The van der Waals surface area contributed by atoms with Crippen LogP contribution in [0.15, 0.2) is 77.6 Å². The van der Waals surface area contributed by atoms with Gasteiger partial charge in [-0.25, -0.2) is 4.98 Å². The lowest BCUT2D eigenvalue weighted by atomic mass is 9.87. The fourth-order valence-electron chi connectivity index (χ4n) is 4.16. The van der Waals surface area contributed by atoms with Gasteiger partial charge in [0.05, 0.1) is 17.5 Å². The number of unbranched alkanes of at least 4 members (excludes halogenated alkanes) is 3. The lowest BCUT2D eigenvalue weighted by Gasteiger charge is -2.19. The summed E-state index contributed by atoms with van der Waals surface area (Å²) in [5.41, 5.74) is 3.06. The Morgan fingerprint density at radius 1 is 0.857 bits per heavy atom. The summed E-state index contributed by atoms with van der Waals surface area (Å²) < 4.78 is 7.72. The number of rotatable bonds is 9. The SMILES string of the molecule is CC(C)(C)c1ccc(OCCCCCCn2c(-c3ccc(Cl)cc3)nc3ccccc3c2=O)cc1. The highest BCUT2D eigenvalue weighted by Crippen LogP contribution is 2.25. The van der Waals surface area contributed by atoms with Crippen molar-refractivity contribution in [2.75, 3.05) is 6.61 Å². The average Bonchev–Trinajstić information content (AvgIpc) is 2.85. The Morgan fingerprint density at radius 3 is 2.26 bits per heavy atom. The molecular formula is C30H33ClN2O2. The first-order chi connectivity index (χ1) is 16.8. The molecule has 4 rings (SSSR count). The van der Waals surface area contributed by atoms with Gasteiger partial charge in [0.2, 0.25) is 0 Å². The summed E-state index contributed by atoms with van der Waals surface area (Å²) in [6, 6.07) is 23.4. The van der Waals surface area contributed by atoms with E-state index in [0.29, 0.717) is 34.9 Å². The highest BCUT2D eigenvalue weighted by atomic mass is 35.5. The summed E-state index contributed by atoms with van der Waals surface area (Å²) in [7, 11) is 0. The Labute approximate surface area is 212 Å². The molecule has 3 aromatic carbocycles. The number of nitrogens with zero attached hydrogens (tertiary/aromatic N) is 2. The largest absolute Gasteiger partial charge is 0.494 e. The molecule has 0 radical (unpaired) electrons. The second-order valence-electron chi connectivity index (χ2n) is 9.95. The third kappa shape index (κ3) is 6.32. The molecule has 4 nitrogen and oxygen atoms in total. The number of fused-ring (bicyclic) bond motifs is 1. The van der Waals surface area contributed by atoms with Gasteiger partial charge in [-0.15, -0.1) is 0 Å². The van der Waals surface area contributed by atoms with Crippen molar-refractivity contribution in [1.82, 2.24) is 9.55 Å². The maximum Gasteiger partial charge on any atom is 0.261 e. The van der Waals surface area contributed by atoms with Crippen molar-refractivity contribution in [3.8, 4) is 17.1 Å². The molecule has 1 aromatic heterocycles. The highest BCUT2D eigenvalue weighted by Gasteiger charge is 2.14. The van der Waals surface area contributed by atoms with Crippen LogP contribution in [0.1, 0.15) is 52.0 Å². The monoisotopic (exact) mass is 488 g/mol. The normalized spacial score (nSPS) is 11.7. The zero-order chi connectivity index (χ0) is 24.8. The minimum atomic E-state index is 0.00240. The fourth-order valence-corrected chi connectivity index (χ4v) is 4.29. The van der Waals surface area contributed by atoms with Gasteiger partial charge in [0.25, 0.3) is 5.56 Å². The summed E-state index contributed by atoms with van der Waals surface area (Å²) in [6.07, 6.45) is 3.95. The third-order valence-corrected chi connectivity index (χ3v) is 6.48. The quantitative estimate of drug-likeness (QED) is 0.227. The lowest BCUT2D eigenvalue weighted by molar-refractivity contribution is 0.304. The maximum atomic E-state index is 13.3. The van der Waals surface area contributed by atoms with Gasteiger partial charge in [0.1, 0.15) is 11.6 Å². The molecule has 35 heavy (non-hydrogen) atoms. The molecule has 1 heterocycles. The smallest absolute Gasteiger partial charge is 0.261 e. The van der Waals surface area contributed by atoms with E-state index in [0.717, 1.165) is 37.0 Å². The van der Waals surface area contributed by atoms with E-state index >= 15 is 0 Å². The number of hydrogen-bond donors (Lipinski definition) is 0. The molecule has 0 bridgehead atoms. The standard InChI is InChI=1S/C30H33ClN2O2/c1-30(2,3)23-14-18-25(19-15-23)35-21-9-5-4-8-20-33-28(22-12-16-24(31)17-13-22)32-27-11-7-6-10-26(27)29(33)34/h6-7,10-19H,4-5,8-9,20-21H2,1-3H3. The van der Waals surface area contributed by atoms with Gasteiger partial charge in [-0.2, -0.15) is 0 Å². The molecule has 0 aliphatic rings. The Morgan fingerprint density at radius 2 is 1.54 bits per heavy atom. The Hall–Kier alpha value is -3.11. The van der Waals surface area contributed by atoms with Gasteiger partial charge in [-0.1, -0.05) is 69.5 Å². The summed E-state index contributed by atoms with van der Waals surface area (Å²) in [5.74, 6) is 1.60. The van der Waals surface area contributed by atoms with Crippen LogP contribution in [0.2, 0.25) is 5.02 Å². The van der Waals surface area contributed by atoms with Crippen LogP contribution in [0.3, 0.4) is 0 Å². The van der Waals surface area contributed by atoms with Gasteiger partial charge in [0, 0.05) is 17.1 Å².